The Morgan fingerprint density at radius 2 is 2.31 bits per heavy atom. The Morgan fingerprint density at radius 3 is 3.00 bits per heavy atom. The van der Waals surface area contributed by atoms with Crippen molar-refractivity contribution in [3.63, 3.8) is 0 Å². The molecule has 3 nitrogen and oxygen atoms in total. The van der Waals surface area contributed by atoms with Gasteiger partial charge in [-0.2, -0.15) is 0 Å². The molecule has 1 unspecified atom stereocenters. The second kappa shape index (κ2) is 4.11. The average Bonchev–Trinajstić information content (AvgIpc) is 3.12. The lowest BCUT2D eigenvalue weighted by atomic mass is 10.2. The molecule has 1 atom stereocenters. The molecule has 1 aliphatic heterocycles. The summed E-state index contributed by atoms with van der Waals surface area (Å²) >= 11 is 5.02. The number of rotatable bonds is 2. The van der Waals surface area contributed by atoms with Crippen LogP contribution in [0.4, 0.5) is 0 Å². The van der Waals surface area contributed by atoms with Gasteiger partial charge in [0.2, 0.25) is 0 Å². The fraction of sp³-hybridized carbons (Fsp3) is 0.545. The molecule has 2 heterocycles. The topological polar surface area (TPSA) is 31.4 Å². The van der Waals surface area contributed by atoms with Crippen LogP contribution >= 0.6 is 27.7 Å². The first kappa shape index (κ1) is 10.7. The molecule has 0 radical (unpaired) electrons. The lowest BCUT2D eigenvalue weighted by Crippen LogP contribution is -2.31. The highest BCUT2D eigenvalue weighted by Crippen LogP contribution is 2.44. The third-order valence-corrected chi connectivity index (χ3v) is 4.07. The van der Waals surface area contributed by atoms with E-state index in [1.807, 2.05) is 12.3 Å². The first-order valence-electron chi connectivity index (χ1n) is 5.32. The molecule has 0 N–H and O–H groups in total. The van der Waals surface area contributed by atoms with E-state index >= 15 is 0 Å². The predicted octanol–water partition coefficient (Wildman–Crippen LogP) is 3.12. The van der Waals surface area contributed by atoms with Gasteiger partial charge < -0.3 is 9.47 Å². The van der Waals surface area contributed by atoms with Crippen molar-refractivity contribution in [3.8, 4) is 11.5 Å². The van der Waals surface area contributed by atoms with Gasteiger partial charge in [-0.05, 0) is 40.9 Å². The molecule has 1 fully saturated rings. The van der Waals surface area contributed by atoms with E-state index in [0.717, 1.165) is 21.1 Å². The molecule has 5 heteroatoms. The van der Waals surface area contributed by atoms with Gasteiger partial charge in [-0.3, -0.25) is 0 Å². The van der Waals surface area contributed by atoms with E-state index in [-0.39, 0.29) is 6.10 Å². The summed E-state index contributed by atoms with van der Waals surface area (Å²) < 4.78 is 12.4. The number of aromatic nitrogens is 1. The summed E-state index contributed by atoms with van der Waals surface area (Å²) in [5.41, 5.74) is 0. The van der Waals surface area contributed by atoms with Gasteiger partial charge in [0.1, 0.15) is 17.7 Å². The van der Waals surface area contributed by atoms with E-state index < -0.39 is 0 Å². The van der Waals surface area contributed by atoms with Crippen molar-refractivity contribution in [2.24, 2.45) is 5.92 Å². The van der Waals surface area contributed by atoms with Gasteiger partial charge in [0.15, 0.2) is 16.1 Å². The van der Waals surface area contributed by atoms with E-state index in [1.54, 1.807) is 11.8 Å². The highest BCUT2D eigenvalue weighted by Gasteiger charge is 2.37. The van der Waals surface area contributed by atoms with Crippen LogP contribution in [0.5, 0.6) is 11.5 Å². The summed E-state index contributed by atoms with van der Waals surface area (Å²) in [6.45, 7) is 0.649. The summed E-state index contributed by atoms with van der Waals surface area (Å²) in [4.78, 5) is 4.37. The van der Waals surface area contributed by atoms with E-state index in [4.69, 9.17) is 9.47 Å². The average molecular weight is 302 g/mol. The summed E-state index contributed by atoms with van der Waals surface area (Å²) in [6, 6.07) is 1.96. The minimum Gasteiger partial charge on any atom is -0.483 e. The normalized spacial score (nSPS) is 23.2. The lowest BCUT2D eigenvalue weighted by molar-refractivity contribution is 0.0738. The van der Waals surface area contributed by atoms with Gasteiger partial charge in [0.25, 0.3) is 0 Å². The zero-order valence-corrected chi connectivity index (χ0v) is 11.3. The van der Waals surface area contributed by atoms with Gasteiger partial charge in [-0.1, -0.05) is 0 Å². The Hall–Kier alpha value is -0.420. The molecule has 16 heavy (non-hydrogen) atoms. The van der Waals surface area contributed by atoms with Crippen LogP contribution in [0.25, 0.3) is 0 Å². The summed E-state index contributed by atoms with van der Waals surface area (Å²) in [5.74, 6) is 2.27. The van der Waals surface area contributed by atoms with Crippen LogP contribution in [-0.4, -0.2) is 24.0 Å². The molecule has 1 aliphatic carbocycles. The first-order valence-corrected chi connectivity index (χ1v) is 7.33. The Kier molecular flexibility index (Phi) is 2.75. The highest BCUT2D eigenvalue weighted by atomic mass is 79.9. The summed E-state index contributed by atoms with van der Waals surface area (Å²) in [7, 11) is 0. The van der Waals surface area contributed by atoms with Crippen molar-refractivity contribution in [2.75, 3.05) is 12.9 Å². The van der Waals surface area contributed by atoms with Crippen LogP contribution in [0.1, 0.15) is 12.8 Å². The molecule has 0 bridgehead atoms. The summed E-state index contributed by atoms with van der Waals surface area (Å²) in [6.07, 6.45) is 4.77. The van der Waals surface area contributed by atoms with Crippen LogP contribution in [0.2, 0.25) is 0 Å². The first-order chi connectivity index (χ1) is 7.78. The van der Waals surface area contributed by atoms with Crippen LogP contribution < -0.4 is 9.47 Å². The number of nitrogens with zero attached hydrogens (tertiary/aromatic N) is 1. The van der Waals surface area contributed by atoms with Crippen molar-refractivity contribution >= 4 is 27.7 Å². The predicted molar refractivity (Wildman–Crippen MR) is 66.4 cm³/mol. The van der Waals surface area contributed by atoms with Crippen LogP contribution in [0.3, 0.4) is 0 Å². The molecule has 86 valence electrons. The van der Waals surface area contributed by atoms with E-state index in [1.165, 1.54) is 12.8 Å². The molecule has 0 saturated heterocycles. The third-order valence-electron chi connectivity index (χ3n) is 2.90. The fourth-order valence-corrected chi connectivity index (χ4v) is 2.87. The van der Waals surface area contributed by atoms with Crippen LogP contribution in [-0.2, 0) is 0 Å². The van der Waals surface area contributed by atoms with Gasteiger partial charge in [0.05, 0.1) is 0 Å². The Morgan fingerprint density at radius 1 is 1.50 bits per heavy atom. The van der Waals surface area contributed by atoms with Crippen molar-refractivity contribution in [3.05, 3.63) is 10.7 Å². The Balaban J connectivity index is 1.92. The van der Waals surface area contributed by atoms with Crippen LogP contribution in [0, 0.1) is 5.92 Å². The zero-order chi connectivity index (χ0) is 11.1. The SMILES string of the molecule is CSc1cc2c(c(Br)n1)OCC(C1CC1)O2. The second-order valence-corrected chi connectivity index (χ2v) is 5.67. The van der Waals surface area contributed by atoms with Crippen molar-refractivity contribution in [2.45, 2.75) is 24.0 Å². The van der Waals surface area contributed by atoms with E-state index in [2.05, 4.69) is 20.9 Å². The Bertz CT molecular complexity index is 423. The third kappa shape index (κ3) is 1.91. The minimum absolute atomic E-state index is 0.233. The number of thioether (sulfide) groups is 1. The molecule has 0 amide bonds. The van der Waals surface area contributed by atoms with Gasteiger partial charge in [-0.15, -0.1) is 11.8 Å². The maximum Gasteiger partial charge on any atom is 0.194 e. The van der Waals surface area contributed by atoms with Gasteiger partial charge >= 0.3 is 0 Å². The standard InChI is InChI=1S/C11H12BrNO2S/c1-16-9-4-7-10(11(12)13-9)14-5-8(15-7)6-2-3-6/h4,6,8H,2-3,5H2,1H3. The molecule has 0 aromatic carbocycles. The van der Waals surface area contributed by atoms with Crippen molar-refractivity contribution in [1.82, 2.24) is 4.98 Å². The maximum atomic E-state index is 5.97. The number of hydrogen-bond acceptors (Lipinski definition) is 4. The highest BCUT2D eigenvalue weighted by molar-refractivity contribution is 9.10. The molecule has 1 saturated carbocycles. The van der Waals surface area contributed by atoms with Gasteiger partial charge in [-0.25, -0.2) is 4.98 Å². The molecule has 1 aromatic heterocycles. The van der Waals surface area contributed by atoms with E-state index in [0.29, 0.717) is 12.5 Å². The number of ether oxygens (including phenoxy) is 2. The van der Waals surface area contributed by atoms with E-state index in [9.17, 15) is 0 Å². The molecule has 0 spiro atoms. The number of pyridine rings is 1. The largest absolute Gasteiger partial charge is 0.483 e. The zero-order valence-electron chi connectivity index (χ0n) is 8.90. The van der Waals surface area contributed by atoms with Gasteiger partial charge in [0, 0.05) is 6.07 Å². The number of halogens is 1. The molecule has 1 aromatic rings. The molecular formula is C11H12BrNO2S. The molecule has 2 aliphatic rings. The summed E-state index contributed by atoms with van der Waals surface area (Å²) in [5, 5.41) is 0.950. The number of fused-ring (bicyclic) bond motifs is 1. The fourth-order valence-electron chi connectivity index (χ4n) is 1.84. The monoisotopic (exact) mass is 301 g/mol. The number of hydrogen-bond donors (Lipinski definition) is 0. The maximum absolute atomic E-state index is 5.97. The van der Waals surface area contributed by atoms with Crippen molar-refractivity contribution < 1.29 is 9.47 Å². The second-order valence-electron chi connectivity index (χ2n) is 4.09. The van der Waals surface area contributed by atoms with Crippen LogP contribution in [0.15, 0.2) is 15.7 Å². The lowest BCUT2D eigenvalue weighted by Gasteiger charge is -2.27. The minimum atomic E-state index is 0.233. The molecule has 3 rings (SSSR count). The molecular weight excluding hydrogens is 290 g/mol. The quantitative estimate of drug-likeness (QED) is 0.620. The van der Waals surface area contributed by atoms with Crippen molar-refractivity contribution in [1.29, 1.82) is 0 Å². The Labute approximate surface area is 107 Å². The smallest absolute Gasteiger partial charge is 0.194 e.